The maximum absolute atomic E-state index is 13.2. The van der Waals surface area contributed by atoms with Gasteiger partial charge in [-0.2, -0.15) is 26.3 Å². The second kappa shape index (κ2) is 10.5. The molecule has 0 radical (unpaired) electrons. The van der Waals surface area contributed by atoms with Gasteiger partial charge < -0.3 is 4.74 Å². The van der Waals surface area contributed by atoms with E-state index in [9.17, 15) is 31.1 Å². The molecule has 0 aliphatic carbocycles. The number of benzene rings is 2. The van der Waals surface area contributed by atoms with Crippen molar-refractivity contribution < 1.29 is 54.7 Å². The normalized spacial score (nSPS) is 12.1. The van der Waals surface area contributed by atoms with Crippen LogP contribution in [0.3, 0.4) is 0 Å². The van der Waals surface area contributed by atoms with Gasteiger partial charge in [-0.25, -0.2) is 0 Å². The molecule has 29 heavy (non-hydrogen) atoms. The van der Waals surface area contributed by atoms with Gasteiger partial charge in [0.2, 0.25) is 0 Å². The van der Waals surface area contributed by atoms with Gasteiger partial charge in [-0.3, -0.25) is 4.79 Å². The van der Waals surface area contributed by atoms with Crippen molar-refractivity contribution in [1.29, 1.82) is 0 Å². The summed E-state index contributed by atoms with van der Waals surface area (Å²) in [6.07, 6.45) is -8.37. The topological polar surface area (TPSA) is 26.3 Å². The van der Waals surface area contributed by atoms with Gasteiger partial charge in [-0.05, 0) is 44.6 Å². The predicted molar refractivity (Wildman–Crippen MR) is 95.6 cm³/mol. The van der Waals surface area contributed by atoms with Crippen LogP contribution in [0.1, 0.15) is 41.3 Å². The van der Waals surface area contributed by atoms with E-state index in [1.54, 1.807) is 0 Å². The Balaban J connectivity index is 0.00000420. The van der Waals surface area contributed by atoms with Gasteiger partial charge in [-0.15, -0.1) is 0 Å². The third kappa shape index (κ3) is 7.06. The third-order valence-corrected chi connectivity index (χ3v) is 4.88. The van der Waals surface area contributed by atoms with E-state index in [1.807, 2.05) is 6.92 Å². The van der Waals surface area contributed by atoms with Crippen molar-refractivity contribution in [3.05, 3.63) is 59.2 Å². The molecule has 0 amide bonds. The molecule has 2 aromatic carbocycles. The maximum atomic E-state index is 13.2. The Kier molecular flexibility index (Phi) is 9.27. The Hall–Kier alpha value is -1.48. The number of halogens is 6. The summed E-state index contributed by atoms with van der Waals surface area (Å²) in [4.78, 5) is 12.4. The Bertz CT molecular complexity index is 787. The van der Waals surface area contributed by atoms with E-state index in [0.29, 0.717) is 35.9 Å². The van der Waals surface area contributed by atoms with Crippen LogP contribution in [0.25, 0.3) is 0 Å². The first kappa shape index (κ1) is 25.6. The van der Waals surface area contributed by atoms with Crippen LogP contribution >= 0.6 is 8.58 Å². The molecule has 0 heterocycles. The molecule has 1 atom stereocenters. The molecule has 1 unspecified atom stereocenters. The summed E-state index contributed by atoms with van der Waals surface area (Å²) in [6, 6.07) is 7.60. The third-order valence-electron chi connectivity index (χ3n) is 3.78. The minimum Gasteiger partial charge on any atom is -0.494 e. The van der Waals surface area contributed by atoms with Crippen LogP contribution in [0.15, 0.2) is 42.5 Å². The van der Waals surface area contributed by atoms with E-state index >= 15 is 0 Å². The summed E-state index contributed by atoms with van der Waals surface area (Å²) in [6.45, 7) is 2.48. The van der Waals surface area contributed by atoms with Crippen molar-refractivity contribution in [3.8, 4) is 5.75 Å². The zero-order valence-electron chi connectivity index (χ0n) is 15.7. The summed E-state index contributed by atoms with van der Waals surface area (Å²) < 4.78 is 84.5. The van der Waals surface area contributed by atoms with Crippen molar-refractivity contribution in [2.45, 2.75) is 32.1 Å². The van der Waals surface area contributed by atoms with E-state index in [-0.39, 0.29) is 18.9 Å². The SMILES string of the molecule is CCCCOc1ccc(PC(=O)c2c(C(F)(F)F)cccc2C(F)(F)F)cc1.[Li+]. The van der Waals surface area contributed by atoms with Gasteiger partial charge in [0.05, 0.1) is 17.7 Å². The monoisotopic (exact) mass is 429 g/mol. The number of carbonyl (C=O) groups excluding carboxylic acids is 1. The van der Waals surface area contributed by atoms with Gasteiger partial charge in [0.25, 0.3) is 0 Å². The summed E-state index contributed by atoms with van der Waals surface area (Å²) in [5.41, 5.74) is -5.73. The number of alkyl halides is 6. The molecule has 10 heteroatoms. The summed E-state index contributed by atoms with van der Waals surface area (Å²) in [5, 5.41) is 0.318. The fourth-order valence-corrected chi connectivity index (χ4v) is 3.42. The number of unbranched alkanes of at least 4 members (excludes halogenated alkanes) is 1. The average molecular weight is 429 g/mol. The van der Waals surface area contributed by atoms with Crippen molar-refractivity contribution in [3.63, 3.8) is 0 Å². The molecule has 0 spiro atoms. The summed E-state index contributed by atoms with van der Waals surface area (Å²) >= 11 is 0. The molecule has 0 fully saturated rings. The van der Waals surface area contributed by atoms with E-state index in [4.69, 9.17) is 4.74 Å². The van der Waals surface area contributed by atoms with Crippen molar-refractivity contribution in [2.24, 2.45) is 0 Å². The predicted octanol–water partition coefficient (Wildman–Crippen LogP) is 3.05. The van der Waals surface area contributed by atoms with Crippen molar-refractivity contribution >= 4 is 19.4 Å². The summed E-state index contributed by atoms with van der Waals surface area (Å²) in [7, 11) is -0.889. The van der Waals surface area contributed by atoms with Gasteiger partial charge in [0.1, 0.15) is 5.75 Å². The molecule has 0 saturated carbocycles. The van der Waals surface area contributed by atoms with Gasteiger partial charge in [-0.1, -0.05) is 31.5 Å². The van der Waals surface area contributed by atoms with Crippen LogP contribution in [0.4, 0.5) is 26.3 Å². The second-order valence-electron chi connectivity index (χ2n) is 5.90. The molecule has 0 saturated heterocycles. The Morgan fingerprint density at radius 2 is 1.45 bits per heavy atom. The van der Waals surface area contributed by atoms with Crippen molar-refractivity contribution in [1.82, 2.24) is 0 Å². The molecular weight excluding hydrogens is 412 g/mol. The average Bonchev–Trinajstić information content (AvgIpc) is 2.61. The molecule has 0 aromatic heterocycles. The molecule has 0 aliphatic heterocycles. The van der Waals surface area contributed by atoms with Crippen LogP contribution in [0, 0.1) is 0 Å². The molecule has 0 bridgehead atoms. The Morgan fingerprint density at radius 3 is 1.90 bits per heavy atom. The maximum Gasteiger partial charge on any atom is 1.00 e. The molecule has 0 aliphatic rings. The largest absolute Gasteiger partial charge is 1.00 e. The van der Waals surface area contributed by atoms with Gasteiger partial charge in [0.15, 0.2) is 5.52 Å². The zero-order valence-corrected chi connectivity index (χ0v) is 16.7. The zero-order chi connectivity index (χ0) is 20.9. The van der Waals surface area contributed by atoms with Crippen LogP contribution in [0.2, 0.25) is 0 Å². The van der Waals surface area contributed by atoms with Gasteiger partial charge in [0, 0.05) is 5.56 Å². The number of rotatable bonds is 7. The number of carbonyl (C=O) groups is 1. The van der Waals surface area contributed by atoms with Crippen molar-refractivity contribution in [2.75, 3.05) is 6.61 Å². The molecule has 2 aromatic rings. The fourth-order valence-electron chi connectivity index (χ4n) is 2.43. The first-order valence-corrected chi connectivity index (χ1v) is 9.35. The summed E-state index contributed by atoms with van der Waals surface area (Å²) in [5.74, 6) is 0.515. The first-order chi connectivity index (χ1) is 13.0. The molecule has 0 N–H and O–H groups in total. The quantitative estimate of drug-likeness (QED) is 0.293. The van der Waals surface area contributed by atoms with E-state index < -0.39 is 43.1 Å². The molecule has 2 rings (SSSR count). The minimum absolute atomic E-state index is 0. The van der Waals surface area contributed by atoms with Crippen LogP contribution in [-0.2, 0) is 12.4 Å². The molecular formula is C19H17F6LiO2P+. The van der Waals surface area contributed by atoms with E-state index in [2.05, 4.69) is 0 Å². The smallest absolute Gasteiger partial charge is 0.494 e. The fraction of sp³-hybridized carbons (Fsp3) is 0.316. The number of hydrogen-bond acceptors (Lipinski definition) is 2. The Labute approximate surface area is 178 Å². The number of hydrogen-bond donors (Lipinski definition) is 0. The van der Waals surface area contributed by atoms with Crippen LogP contribution in [-0.4, -0.2) is 12.1 Å². The van der Waals surface area contributed by atoms with E-state index in [1.165, 1.54) is 24.3 Å². The standard InChI is InChI=1S/C19H17F6O2P.Li/c1-2-3-11-27-12-7-9-13(10-8-12)28-17(26)16-14(18(20,21)22)5-4-6-15(16)19(23,24)25;/h4-10,28H,2-3,11H2,1H3;/q;+1. The molecule has 152 valence electrons. The van der Waals surface area contributed by atoms with Crippen LogP contribution in [0.5, 0.6) is 5.75 Å². The molecule has 2 nitrogen and oxygen atoms in total. The van der Waals surface area contributed by atoms with Gasteiger partial charge >= 0.3 is 31.2 Å². The Morgan fingerprint density at radius 1 is 0.931 bits per heavy atom. The van der Waals surface area contributed by atoms with Crippen LogP contribution < -0.4 is 28.9 Å². The second-order valence-corrected chi connectivity index (χ2v) is 7.19. The number of ether oxygens (including phenoxy) is 1. The van der Waals surface area contributed by atoms with E-state index in [0.717, 1.165) is 12.8 Å². The first-order valence-electron chi connectivity index (χ1n) is 8.35. The minimum atomic E-state index is -5.08.